The van der Waals surface area contributed by atoms with E-state index in [1.807, 2.05) is 31.2 Å². The summed E-state index contributed by atoms with van der Waals surface area (Å²) in [6, 6.07) is 7.48. The molecule has 0 radical (unpaired) electrons. The molecule has 1 aromatic carbocycles. The van der Waals surface area contributed by atoms with E-state index in [4.69, 9.17) is 17.3 Å². The normalized spacial score (nSPS) is 15.4. The van der Waals surface area contributed by atoms with Crippen LogP contribution in [-0.2, 0) is 6.42 Å². The van der Waals surface area contributed by atoms with E-state index in [0.29, 0.717) is 29.5 Å². The van der Waals surface area contributed by atoms with Crippen molar-refractivity contribution in [2.24, 2.45) is 11.7 Å². The molecule has 23 heavy (non-hydrogen) atoms. The van der Waals surface area contributed by atoms with Crippen LogP contribution in [0.25, 0.3) is 5.69 Å². The van der Waals surface area contributed by atoms with Gasteiger partial charge in [0, 0.05) is 17.6 Å². The summed E-state index contributed by atoms with van der Waals surface area (Å²) in [5.41, 5.74) is 8.35. The molecule has 0 bridgehead atoms. The van der Waals surface area contributed by atoms with Crippen LogP contribution in [0.15, 0.2) is 30.5 Å². The zero-order chi connectivity index (χ0) is 16.4. The molecule has 1 amide bonds. The zero-order valence-corrected chi connectivity index (χ0v) is 13.9. The van der Waals surface area contributed by atoms with Gasteiger partial charge in [0.15, 0.2) is 0 Å². The van der Waals surface area contributed by atoms with Crippen LogP contribution in [-0.4, -0.2) is 28.3 Å². The Bertz CT molecular complexity index is 708. The second-order valence-corrected chi connectivity index (χ2v) is 6.40. The first kappa shape index (κ1) is 16.0. The van der Waals surface area contributed by atoms with Crippen LogP contribution in [0.2, 0.25) is 5.02 Å². The smallest absolute Gasteiger partial charge is 0.254 e. The predicted octanol–water partition coefficient (Wildman–Crippen LogP) is 2.56. The molecule has 1 aliphatic carbocycles. The fourth-order valence-corrected chi connectivity index (χ4v) is 2.92. The number of rotatable bonds is 6. The van der Waals surface area contributed by atoms with E-state index < -0.39 is 0 Å². The highest BCUT2D eigenvalue weighted by Gasteiger charge is 2.29. The van der Waals surface area contributed by atoms with Crippen LogP contribution in [0.1, 0.15) is 35.8 Å². The van der Waals surface area contributed by atoms with Crippen LogP contribution >= 0.6 is 11.6 Å². The van der Waals surface area contributed by atoms with Crippen molar-refractivity contribution in [2.45, 2.75) is 32.2 Å². The Morgan fingerprint density at radius 1 is 1.52 bits per heavy atom. The minimum absolute atomic E-state index is 0.0481. The molecule has 1 aromatic heterocycles. The molecule has 1 heterocycles. The van der Waals surface area contributed by atoms with E-state index in [2.05, 4.69) is 10.4 Å². The molecule has 122 valence electrons. The number of aromatic nitrogens is 2. The molecule has 0 aliphatic heterocycles. The Balaban J connectivity index is 1.78. The first-order chi connectivity index (χ1) is 11.1. The van der Waals surface area contributed by atoms with Gasteiger partial charge < -0.3 is 11.1 Å². The molecule has 0 saturated heterocycles. The van der Waals surface area contributed by atoms with Crippen LogP contribution in [0, 0.1) is 5.92 Å². The van der Waals surface area contributed by atoms with Crippen molar-refractivity contribution in [3.63, 3.8) is 0 Å². The molecule has 0 spiro atoms. The Kier molecular flexibility index (Phi) is 4.68. The summed E-state index contributed by atoms with van der Waals surface area (Å²) < 4.78 is 1.77. The average Bonchev–Trinajstić information content (AvgIpc) is 3.31. The molecular formula is C17H21ClN4O. The Hall–Kier alpha value is -1.85. The SMILES string of the molecule is CCc1c(C(=O)NCC(N)C2CC2)cnn1-c1cccc(Cl)c1. The number of hydrogen-bond donors (Lipinski definition) is 2. The van der Waals surface area contributed by atoms with Gasteiger partial charge in [-0.2, -0.15) is 5.10 Å². The summed E-state index contributed by atoms with van der Waals surface area (Å²) in [5, 5.41) is 7.93. The quantitative estimate of drug-likeness (QED) is 0.853. The fourth-order valence-electron chi connectivity index (χ4n) is 2.73. The highest BCUT2D eigenvalue weighted by molar-refractivity contribution is 6.30. The summed E-state index contributed by atoms with van der Waals surface area (Å²) in [4.78, 5) is 12.4. The molecule has 3 N–H and O–H groups in total. The third-order valence-corrected chi connectivity index (χ3v) is 4.46. The maximum absolute atomic E-state index is 12.4. The summed E-state index contributed by atoms with van der Waals surface area (Å²) in [7, 11) is 0. The van der Waals surface area contributed by atoms with E-state index >= 15 is 0 Å². The van der Waals surface area contributed by atoms with Crippen LogP contribution in [0.3, 0.4) is 0 Å². The lowest BCUT2D eigenvalue weighted by Gasteiger charge is -2.12. The molecule has 1 aliphatic rings. The number of carbonyl (C=O) groups excluding carboxylic acids is 1. The van der Waals surface area contributed by atoms with Gasteiger partial charge in [0.1, 0.15) is 0 Å². The highest BCUT2D eigenvalue weighted by atomic mass is 35.5. The molecule has 2 aromatic rings. The molecule has 1 saturated carbocycles. The number of halogens is 1. The number of nitrogens with two attached hydrogens (primary N) is 1. The highest BCUT2D eigenvalue weighted by Crippen LogP contribution is 2.31. The summed E-state index contributed by atoms with van der Waals surface area (Å²) in [5.74, 6) is 0.446. The van der Waals surface area contributed by atoms with Crippen molar-refractivity contribution in [2.75, 3.05) is 6.54 Å². The molecule has 3 rings (SSSR count). The molecule has 6 heteroatoms. The largest absolute Gasteiger partial charge is 0.350 e. The monoisotopic (exact) mass is 332 g/mol. The predicted molar refractivity (Wildman–Crippen MR) is 91.0 cm³/mol. The van der Waals surface area contributed by atoms with Crippen LogP contribution in [0.4, 0.5) is 0 Å². The minimum atomic E-state index is -0.119. The van der Waals surface area contributed by atoms with E-state index in [9.17, 15) is 4.79 Å². The molecular weight excluding hydrogens is 312 g/mol. The van der Waals surface area contributed by atoms with Crippen molar-refractivity contribution < 1.29 is 4.79 Å². The maximum Gasteiger partial charge on any atom is 0.254 e. The second-order valence-electron chi connectivity index (χ2n) is 5.96. The lowest BCUT2D eigenvalue weighted by molar-refractivity contribution is 0.0949. The van der Waals surface area contributed by atoms with E-state index in [1.54, 1.807) is 10.9 Å². The maximum atomic E-state index is 12.4. The number of amides is 1. The van der Waals surface area contributed by atoms with Gasteiger partial charge in [0.25, 0.3) is 5.91 Å². The standard InChI is InChI=1S/C17H21ClN4O/c1-2-16-14(17(23)20-10-15(19)11-6-7-11)9-21-22(16)13-5-3-4-12(18)8-13/h3-5,8-9,11,15H,2,6-7,10,19H2,1H3,(H,20,23). The average molecular weight is 333 g/mol. The van der Waals surface area contributed by atoms with Gasteiger partial charge in [-0.15, -0.1) is 0 Å². The van der Waals surface area contributed by atoms with E-state index in [1.165, 1.54) is 12.8 Å². The third kappa shape index (κ3) is 3.57. The van der Waals surface area contributed by atoms with Crippen LogP contribution in [0.5, 0.6) is 0 Å². The molecule has 1 unspecified atom stereocenters. The second kappa shape index (κ2) is 6.72. The van der Waals surface area contributed by atoms with Crippen molar-refractivity contribution in [1.29, 1.82) is 0 Å². The lowest BCUT2D eigenvalue weighted by atomic mass is 10.1. The van der Waals surface area contributed by atoms with Crippen molar-refractivity contribution in [3.8, 4) is 5.69 Å². The molecule has 5 nitrogen and oxygen atoms in total. The zero-order valence-electron chi connectivity index (χ0n) is 13.1. The summed E-state index contributed by atoms with van der Waals surface area (Å²) in [6.45, 7) is 2.51. The minimum Gasteiger partial charge on any atom is -0.350 e. The number of benzene rings is 1. The van der Waals surface area contributed by atoms with Gasteiger partial charge in [-0.25, -0.2) is 4.68 Å². The van der Waals surface area contributed by atoms with Gasteiger partial charge in [0.05, 0.1) is 23.1 Å². The number of nitrogens with zero attached hydrogens (tertiary/aromatic N) is 2. The van der Waals surface area contributed by atoms with Gasteiger partial charge in [-0.1, -0.05) is 24.6 Å². The lowest BCUT2D eigenvalue weighted by Crippen LogP contribution is -2.38. The molecule has 1 fully saturated rings. The van der Waals surface area contributed by atoms with Gasteiger partial charge in [-0.3, -0.25) is 4.79 Å². The summed E-state index contributed by atoms with van der Waals surface area (Å²) >= 11 is 6.05. The number of carbonyl (C=O) groups is 1. The third-order valence-electron chi connectivity index (χ3n) is 4.23. The van der Waals surface area contributed by atoms with Crippen molar-refractivity contribution >= 4 is 17.5 Å². The first-order valence-electron chi connectivity index (χ1n) is 7.96. The van der Waals surface area contributed by atoms with Crippen molar-refractivity contribution in [1.82, 2.24) is 15.1 Å². The first-order valence-corrected chi connectivity index (χ1v) is 8.34. The Labute approximate surface area is 140 Å². The summed E-state index contributed by atoms with van der Waals surface area (Å²) in [6.07, 6.45) is 4.65. The van der Waals surface area contributed by atoms with Crippen molar-refractivity contribution in [3.05, 3.63) is 46.7 Å². The topological polar surface area (TPSA) is 72.9 Å². The van der Waals surface area contributed by atoms with E-state index in [0.717, 1.165) is 11.4 Å². The Morgan fingerprint density at radius 2 is 2.30 bits per heavy atom. The number of nitrogens with one attached hydrogen (secondary N) is 1. The van der Waals surface area contributed by atoms with E-state index in [-0.39, 0.29) is 11.9 Å². The van der Waals surface area contributed by atoms with Crippen LogP contribution < -0.4 is 11.1 Å². The Morgan fingerprint density at radius 3 is 2.96 bits per heavy atom. The van der Waals surface area contributed by atoms with Gasteiger partial charge in [0.2, 0.25) is 0 Å². The van der Waals surface area contributed by atoms with Gasteiger partial charge in [-0.05, 0) is 43.4 Å². The fraction of sp³-hybridized carbons (Fsp3) is 0.412. The number of hydrogen-bond acceptors (Lipinski definition) is 3. The molecule has 1 atom stereocenters. The van der Waals surface area contributed by atoms with Gasteiger partial charge >= 0.3 is 0 Å².